The minimum absolute atomic E-state index is 0.572. The zero-order chi connectivity index (χ0) is 15.9. The molecule has 0 spiro atoms. The van der Waals surface area contributed by atoms with Crippen LogP contribution in [-0.2, 0) is 12.4 Å². The summed E-state index contributed by atoms with van der Waals surface area (Å²) in [6, 6.07) is 1.14. The lowest BCUT2D eigenvalue weighted by Crippen LogP contribution is -2.20. The summed E-state index contributed by atoms with van der Waals surface area (Å²) in [5.41, 5.74) is -9.24. The number of hydrogen-bond donors (Lipinski definition) is 0. The highest BCUT2D eigenvalue weighted by atomic mass is 19.4. The summed E-state index contributed by atoms with van der Waals surface area (Å²) in [7, 11) is 0. The van der Waals surface area contributed by atoms with Crippen LogP contribution in [0.3, 0.4) is 0 Å². The van der Waals surface area contributed by atoms with E-state index in [1.54, 1.807) is 0 Å². The molecule has 0 aromatic heterocycles. The first kappa shape index (κ1) is 15.7. The van der Waals surface area contributed by atoms with Crippen LogP contribution in [0.15, 0.2) is 0 Å². The van der Waals surface area contributed by atoms with Gasteiger partial charge in [-0.1, -0.05) is 0 Å². The molecule has 0 amide bonds. The van der Waals surface area contributed by atoms with E-state index in [1.807, 2.05) is 0 Å². The van der Waals surface area contributed by atoms with Crippen LogP contribution < -0.4 is 0 Å². The zero-order valence-corrected chi connectivity index (χ0v) is 8.92. The molecule has 0 bridgehead atoms. The van der Waals surface area contributed by atoms with Crippen LogP contribution in [0, 0.1) is 34.3 Å². The molecule has 0 unspecified atom stereocenters. The predicted octanol–water partition coefficient (Wildman–Crippen LogP) is 3.75. The van der Waals surface area contributed by atoms with E-state index in [4.69, 9.17) is 10.5 Å². The number of rotatable bonds is 0. The third kappa shape index (κ3) is 2.37. The maximum atomic E-state index is 13.3. The molecule has 0 N–H and O–H groups in total. The summed E-state index contributed by atoms with van der Waals surface area (Å²) >= 11 is 0. The molecular formula is C10F8N2. The monoisotopic (exact) mass is 300 g/mol. The van der Waals surface area contributed by atoms with Crippen LogP contribution in [0.4, 0.5) is 35.1 Å². The Morgan fingerprint density at radius 3 is 1.15 bits per heavy atom. The summed E-state index contributed by atoms with van der Waals surface area (Å²) in [6.07, 6.45) is -11.3. The third-order valence-corrected chi connectivity index (χ3v) is 2.17. The smallest absolute Gasteiger partial charge is 0.205 e. The van der Waals surface area contributed by atoms with Crippen LogP contribution in [0.5, 0.6) is 0 Å². The number of halogens is 8. The van der Waals surface area contributed by atoms with Crippen molar-refractivity contribution in [2.75, 3.05) is 0 Å². The molecule has 0 aliphatic carbocycles. The van der Waals surface area contributed by atoms with Gasteiger partial charge in [0.05, 0.1) is 5.56 Å². The van der Waals surface area contributed by atoms with Gasteiger partial charge in [0.25, 0.3) is 0 Å². The predicted molar refractivity (Wildman–Crippen MR) is 45.8 cm³/mol. The second-order valence-corrected chi connectivity index (χ2v) is 3.35. The lowest BCUT2D eigenvalue weighted by Gasteiger charge is -2.16. The van der Waals surface area contributed by atoms with Crippen molar-refractivity contribution in [2.24, 2.45) is 0 Å². The van der Waals surface area contributed by atoms with E-state index in [0.29, 0.717) is 12.1 Å². The number of hydrogen-bond acceptors (Lipinski definition) is 2. The molecule has 0 fully saturated rings. The second-order valence-electron chi connectivity index (χ2n) is 3.35. The first-order valence-corrected chi connectivity index (χ1v) is 4.46. The summed E-state index contributed by atoms with van der Waals surface area (Å²) in [5, 5.41) is 16.7. The number of alkyl halides is 6. The minimum Gasteiger partial charge on any atom is -0.205 e. The second kappa shape index (κ2) is 4.63. The van der Waals surface area contributed by atoms with Gasteiger partial charge in [-0.15, -0.1) is 0 Å². The van der Waals surface area contributed by atoms with Crippen LogP contribution in [0.1, 0.15) is 22.3 Å². The standard InChI is InChI=1S/C10F8N2/c11-7-3(1-19)5(9(13,14)15)4(2-20)8(12)6(7)10(16,17)18. The van der Waals surface area contributed by atoms with Crippen LogP contribution in [0.25, 0.3) is 0 Å². The van der Waals surface area contributed by atoms with E-state index < -0.39 is 46.2 Å². The summed E-state index contributed by atoms with van der Waals surface area (Å²) in [4.78, 5) is 0. The van der Waals surface area contributed by atoms with E-state index in [0.717, 1.165) is 0 Å². The van der Waals surface area contributed by atoms with Crippen molar-refractivity contribution in [3.63, 3.8) is 0 Å². The fraction of sp³-hybridized carbons (Fsp3) is 0.200. The highest BCUT2D eigenvalue weighted by molar-refractivity contribution is 5.54. The molecule has 2 nitrogen and oxygen atoms in total. The van der Waals surface area contributed by atoms with Crippen molar-refractivity contribution in [3.8, 4) is 12.1 Å². The van der Waals surface area contributed by atoms with Gasteiger partial charge < -0.3 is 0 Å². The van der Waals surface area contributed by atoms with Gasteiger partial charge in [0, 0.05) is 0 Å². The van der Waals surface area contributed by atoms with Gasteiger partial charge in [0.2, 0.25) is 0 Å². The molecule has 20 heavy (non-hydrogen) atoms. The van der Waals surface area contributed by atoms with Crippen LogP contribution >= 0.6 is 0 Å². The Morgan fingerprint density at radius 1 is 0.650 bits per heavy atom. The molecule has 106 valence electrons. The van der Waals surface area contributed by atoms with Crippen molar-refractivity contribution < 1.29 is 35.1 Å². The molecule has 1 rings (SSSR count). The highest BCUT2D eigenvalue weighted by Crippen LogP contribution is 2.42. The fourth-order valence-corrected chi connectivity index (χ4v) is 1.43. The number of nitriles is 2. The molecule has 0 saturated heterocycles. The molecule has 0 heterocycles. The normalized spacial score (nSPS) is 11.9. The van der Waals surface area contributed by atoms with Crippen molar-refractivity contribution in [1.82, 2.24) is 0 Å². The van der Waals surface area contributed by atoms with E-state index in [2.05, 4.69) is 0 Å². The molecule has 0 aliphatic rings. The Kier molecular flexibility index (Phi) is 3.64. The van der Waals surface area contributed by atoms with E-state index in [9.17, 15) is 35.1 Å². The Balaban J connectivity index is 4.06. The molecule has 0 aliphatic heterocycles. The molecule has 0 atom stereocenters. The average molecular weight is 300 g/mol. The van der Waals surface area contributed by atoms with Crippen molar-refractivity contribution in [2.45, 2.75) is 12.4 Å². The average Bonchev–Trinajstić information content (AvgIpc) is 2.25. The van der Waals surface area contributed by atoms with Gasteiger partial charge in [0.1, 0.15) is 28.8 Å². The topological polar surface area (TPSA) is 47.6 Å². The molecule has 10 heteroatoms. The van der Waals surface area contributed by atoms with Gasteiger partial charge in [-0.3, -0.25) is 0 Å². The Labute approximate surface area is 105 Å². The van der Waals surface area contributed by atoms with Gasteiger partial charge in [-0.2, -0.15) is 36.9 Å². The minimum atomic E-state index is -5.70. The quantitative estimate of drug-likeness (QED) is 0.685. The van der Waals surface area contributed by atoms with E-state index >= 15 is 0 Å². The maximum absolute atomic E-state index is 13.3. The first-order valence-electron chi connectivity index (χ1n) is 4.46. The molecule has 0 saturated carbocycles. The Morgan fingerprint density at radius 2 is 0.950 bits per heavy atom. The van der Waals surface area contributed by atoms with Crippen molar-refractivity contribution >= 4 is 0 Å². The summed E-state index contributed by atoms with van der Waals surface area (Å²) in [5.74, 6) is -5.41. The van der Waals surface area contributed by atoms with E-state index in [-0.39, 0.29) is 0 Å². The molecular weight excluding hydrogens is 300 g/mol. The van der Waals surface area contributed by atoms with Crippen LogP contribution in [-0.4, -0.2) is 0 Å². The zero-order valence-electron chi connectivity index (χ0n) is 8.92. The Bertz CT molecular complexity index is 601. The van der Waals surface area contributed by atoms with Crippen LogP contribution in [0.2, 0.25) is 0 Å². The number of benzene rings is 1. The summed E-state index contributed by atoms with van der Waals surface area (Å²) < 4.78 is 102. The number of nitrogens with zero attached hydrogens (tertiary/aromatic N) is 2. The third-order valence-electron chi connectivity index (χ3n) is 2.17. The van der Waals surface area contributed by atoms with Gasteiger partial charge in [0.15, 0.2) is 11.6 Å². The maximum Gasteiger partial charge on any atom is 0.422 e. The lowest BCUT2D eigenvalue weighted by molar-refractivity contribution is -0.146. The van der Waals surface area contributed by atoms with Gasteiger partial charge >= 0.3 is 12.4 Å². The van der Waals surface area contributed by atoms with Crippen molar-refractivity contribution in [3.05, 3.63) is 33.9 Å². The van der Waals surface area contributed by atoms with Crippen molar-refractivity contribution in [1.29, 1.82) is 10.5 Å². The van der Waals surface area contributed by atoms with Gasteiger partial charge in [-0.25, -0.2) is 8.78 Å². The fourth-order valence-electron chi connectivity index (χ4n) is 1.43. The summed E-state index contributed by atoms with van der Waals surface area (Å²) in [6.45, 7) is 0. The SMILES string of the molecule is N#Cc1c(F)c(C(F)(F)F)c(F)c(C#N)c1C(F)(F)F. The lowest BCUT2D eigenvalue weighted by atomic mass is 9.96. The van der Waals surface area contributed by atoms with E-state index in [1.165, 1.54) is 0 Å². The Hall–Kier alpha value is -2.36. The molecule has 1 aromatic rings. The molecule has 0 radical (unpaired) electrons. The highest BCUT2D eigenvalue weighted by Gasteiger charge is 2.47. The molecule has 1 aromatic carbocycles. The van der Waals surface area contributed by atoms with Gasteiger partial charge in [-0.05, 0) is 0 Å². The first-order chi connectivity index (χ1) is 8.96. The largest absolute Gasteiger partial charge is 0.422 e.